The Bertz CT molecular complexity index is 717. The van der Waals surface area contributed by atoms with E-state index in [2.05, 4.69) is 33.1 Å². The van der Waals surface area contributed by atoms with Gasteiger partial charge in [-0.15, -0.1) is 0 Å². The Kier molecular flexibility index (Phi) is 5.62. The molecule has 0 aliphatic carbocycles. The monoisotopic (exact) mass is 430 g/mol. The summed E-state index contributed by atoms with van der Waals surface area (Å²) in [4.78, 5) is 11.9. The number of halogens is 2. The van der Waals surface area contributed by atoms with Gasteiger partial charge in [0.25, 0.3) is 5.91 Å². The summed E-state index contributed by atoms with van der Waals surface area (Å²) in [6.07, 6.45) is 1.42. The number of hydrogen-bond acceptors (Lipinski definition) is 4. The van der Waals surface area contributed by atoms with Crippen LogP contribution < -0.4 is 10.2 Å². The molecule has 0 spiro atoms. The first-order valence-corrected chi connectivity index (χ1v) is 7.62. The number of nitrogens with one attached hydrogen (secondary N) is 1. The van der Waals surface area contributed by atoms with E-state index in [1.807, 2.05) is 12.1 Å². The number of carbonyl (C=O) groups excluding carboxylic acids is 1. The van der Waals surface area contributed by atoms with E-state index >= 15 is 0 Å². The molecule has 0 fully saturated rings. The van der Waals surface area contributed by atoms with E-state index in [-0.39, 0.29) is 22.4 Å². The van der Waals surface area contributed by atoms with Gasteiger partial charge in [-0.2, -0.15) is 5.10 Å². The molecular formula is C15H12ClIN2O3. The summed E-state index contributed by atoms with van der Waals surface area (Å²) in [5.41, 5.74) is 3.52. The van der Waals surface area contributed by atoms with Gasteiger partial charge in [0.15, 0.2) is 11.5 Å². The Morgan fingerprint density at radius 3 is 2.68 bits per heavy atom. The molecule has 0 aliphatic heterocycles. The zero-order valence-corrected chi connectivity index (χ0v) is 14.4. The maximum atomic E-state index is 11.9. The highest BCUT2D eigenvalue weighted by molar-refractivity contribution is 14.1. The average Bonchev–Trinajstić information content (AvgIpc) is 2.51. The average molecular weight is 431 g/mol. The number of phenolic OH excluding ortho intramolecular Hbond substituents is 1. The Balaban J connectivity index is 2.08. The summed E-state index contributed by atoms with van der Waals surface area (Å²) in [5.74, 6) is -0.216. The number of hydrogen-bond donors (Lipinski definition) is 2. The van der Waals surface area contributed by atoms with Crippen LogP contribution in [0, 0.1) is 3.57 Å². The zero-order chi connectivity index (χ0) is 16.1. The SMILES string of the molecule is COc1cc(/C=N\NC(=O)c2ccc(I)cc2)cc(Cl)c1O. The molecule has 0 saturated carbocycles. The number of ether oxygens (including phenoxy) is 1. The fourth-order valence-corrected chi connectivity index (χ4v) is 2.23. The number of amides is 1. The van der Waals surface area contributed by atoms with Gasteiger partial charge in [0, 0.05) is 9.13 Å². The first kappa shape index (κ1) is 16.6. The predicted octanol–water partition coefficient (Wildman–Crippen LogP) is 3.42. The number of nitrogens with zero attached hydrogens (tertiary/aromatic N) is 1. The molecule has 0 unspecified atom stereocenters. The summed E-state index contributed by atoms with van der Waals surface area (Å²) in [6.45, 7) is 0. The molecule has 0 aliphatic rings. The minimum atomic E-state index is -0.315. The third kappa shape index (κ3) is 4.11. The Morgan fingerprint density at radius 1 is 1.36 bits per heavy atom. The Hall–Kier alpha value is -1.80. The minimum Gasteiger partial charge on any atom is -0.503 e. The smallest absolute Gasteiger partial charge is 0.271 e. The summed E-state index contributed by atoms with van der Waals surface area (Å²) in [5, 5.41) is 13.6. The van der Waals surface area contributed by atoms with Crippen LogP contribution in [0.4, 0.5) is 0 Å². The molecule has 114 valence electrons. The molecule has 0 aromatic heterocycles. The number of rotatable bonds is 4. The van der Waals surface area contributed by atoms with Crippen molar-refractivity contribution in [3.63, 3.8) is 0 Å². The molecule has 2 rings (SSSR count). The molecule has 0 saturated heterocycles. The quantitative estimate of drug-likeness (QED) is 0.444. The second-order valence-electron chi connectivity index (χ2n) is 4.26. The highest BCUT2D eigenvalue weighted by Gasteiger charge is 2.08. The maximum absolute atomic E-state index is 11.9. The van der Waals surface area contributed by atoms with Crippen molar-refractivity contribution in [3.8, 4) is 11.5 Å². The minimum absolute atomic E-state index is 0.135. The van der Waals surface area contributed by atoms with Crippen LogP contribution in [0.3, 0.4) is 0 Å². The highest BCUT2D eigenvalue weighted by Crippen LogP contribution is 2.34. The van der Waals surface area contributed by atoms with Crippen molar-refractivity contribution < 1.29 is 14.6 Å². The van der Waals surface area contributed by atoms with Gasteiger partial charge < -0.3 is 9.84 Å². The summed E-state index contributed by atoms with van der Waals surface area (Å²) in [6, 6.07) is 10.2. The van der Waals surface area contributed by atoms with Crippen LogP contribution in [0.25, 0.3) is 0 Å². The van der Waals surface area contributed by atoms with Gasteiger partial charge in [0.1, 0.15) is 0 Å². The van der Waals surface area contributed by atoms with E-state index in [9.17, 15) is 9.90 Å². The number of hydrazone groups is 1. The molecular weight excluding hydrogens is 419 g/mol. The molecule has 2 N–H and O–H groups in total. The number of carbonyl (C=O) groups is 1. The standard InChI is InChI=1S/C15H12ClIN2O3/c1-22-13-7-9(6-12(16)14(13)20)8-18-19-15(21)10-2-4-11(17)5-3-10/h2-8,20H,1H3,(H,19,21)/b18-8-. The van der Waals surface area contributed by atoms with Crippen LogP contribution >= 0.6 is 34.2 Å². The van der Waals surface area contributed by atoms with Gasteiger partial charge in [0.05, 0.1) is 18.3 Å². The first-order chi connectivity index (χ1) is 10.5. The van der Waals surface area contributed by atoms with E-state index in [0.29, 0.717) is 11.1 Å². The zero-order valence-electron chi connectivity index (χ0n) is 11.5. The van der Waals surface area contributed by atoms with Gasteiger partial charge in [0.2, 0.25) is 0 Å². The predicted molar refractivity (Wildman–Crippen MR) is 93.9 cm³/mol. The van der Waals surface area contributed by atoms with Gasteiger partial charge in [-0.25, -0.2) is 5.43 Å². The third-order valence-electron chi connectivity index (χ3n) is 2.76. The van der Waals surface area contributed by atoms with E-state index in [1.54, 1.807) is 18.2 Å². The Morgan fingerprint density at radius 2 is 2.05 bits per heavy atom. The second kappa shape index (κ2) is 7.46. The van der Waals surface area contributed by atoms with Crippen molar-refractivity contribution in [2.45, 2.75) is 0 Å². The number of aromatic hydroxyl groups is 1. The molecule has 0 bridgehead atoms. The molecule has 0 atom stereocenters. The van der Waals surface area contributed by atoms with E-state index in [0.717, 1.165) is 3.57 Å². The van der Waals surface area contributed by atoms with Crippen LogP contribution in [0.15, 0.2) is 41.5 Å². The summed E-state index contributed by atoms with van der Waals surface area (Å²) >= 11 is 8.03. The van der Waals surface area contributed by atoms with E-state index < -0.39 is 0 Å². The largest absolute Gasteiger partial charge is 0.503 e. The van der Waals surface area contributed by atoms with Gasteiger partial charge in [-0.1, -0.05) is 11.6 Å². The van der Waals surface area contributed by atoms with E-state index in [4.69, 9.17) is 16.3 Å². The topological polar surface area (TPSA) is 70.9 Å². The van der Waals surface area contributed by atoms with Crippen LogP contribution in [-0.2, 0) is 0 Å². The van der Waals surface area contributed by atoms with Crippen LogP contribution in [0.1, 0.15) is 15.9 Å². The van der Waals surface area contributed by atoms with Crippen molar-refractivity contribution in [2.75, 3.05) is 7.11 Å². The number of phenols is 1. The lowest BCUT2D eigenvalue weighted by Gasteiger charge is -2.06. The molecule has 1 amide bonds. The van der Waals surface area contributed by atoms with Crippen molar-refractivity contribution in [1.82, 2.24) is 5.43 Å². The molecule has 7 heteroatoms. The van der Waals surface area contributed by atoms with Crippen molar-refractivity contribution in [3.05, 3.63) is 56.1 Å². The van der Waals surface area contributed by atoms with Crippen molar-refractivity contribution >= 4 is 46.3 Å². The van der Waals surface area contributed by atoms with Crippen LogP contribution in [0.5, 0.6) is 11.5 Å². The maximum Gasteiger partial charge on any atom is 0.271 e. The molecule has 2 aromatic carbocycles. The molecule has 2 aromatic rings. The highest BCUT2D eigenvalue weighted by atomic mass is 127. The van der Waals surface area contributed by atoms with Gasteiger partial charge in [-0.05, 0) is 64.6 Å². The lowest BCUT2D eigenvalue weighted by atomic mass is 10.2. The first-order valence-electron chi connectivity index (χ1n) is 6.16. The van der Waals surface area contributed by atoms with Gasteiger partial charge in [-0.3, -0.25) is 4.79 Å². The molecule has 22 heavy (non-hydrogen) atoms. The van der Waals surface area contributed by atoms with Crippen LogP contribution in [0.2, 0.25) is 5.02 Å². The molecule has 5 nitrogen and oxygen atoms in total. The number of methoxy groups -OCH3 is 1. The second-order valence-corrected chi connectivity index (χ2v) is 5.91. The van der Waals surface area contributed by atoms with Crippen molar-refractivity contribution in [1.29, 1.82) is 0 Å². The molecule has 0 heterocycles. The molecule has 0 radical (unpaired) electrons. The summed E-state index contributed by atoms with van der Waals surface area (Å²) in [7, 11) is 1.42. The lowest BCUT2D eigenvalue weighted by Crippen LogP contribution is -2.17. The number of benzene rings is 2. The lowest BCUT2D eigenvalue weighted by molar-refractivity contribution is 0.0955. The summed E-state index contributed by atoms with van der Waals surface area (Å²) < 4.78 is 6.04. The normalized spacial score (nSPS) is 10.7. The fraction of sp³-hybridized carbons (Fsp3) is 0.0667. The Labute approximate surface area is 146 Å². The van der Waals surface area contributed by atoms with E-state index in [1.165, 1.54) is 19.4 Å². The van der Waals surface area contributed by atoms with Crippen molar-refractivity contribution in [2.24, 2.45) is 5.10 Å². The van der Waals surface area contributed by atoms with Crippen LogP contribution in [-0.4, -0.2) is 24.3 Å². The fourth-order valence-electron chi connectivity index (χ4n) is 1.66. The van der Waals surface area contributed by atoms with Gasteiger partial charge >= 0.3 is 0 Å². The third-order valence-corrected chi connectivity index (χ3v) is 3.76.